The van der Waals surface area contributed by atoms with E-state index in [2.05, 4.69) is 27.7 Å². The molecule has 1 aromatic carbocycles. The average Bonchev–Trinajstić information content (AvgIpc) is 2.48. The van der Waals surface area contributed by atoms with Crippen molar-refractivity contribution in [2.75, 3.05) is 5.75 Å². The van der Waals surface area contributed by atoms with Crippen LogP contribution < -0.4 is 0 Å². The van der Waals surface area contributed by atoms with E-state index in [0.717, 1.165) is 16.6 Å². The molecule has 0 unspecified atom stereocenters. The van der Waals surface area contributed by atoms with Gasteiger partial charge in [-0.15, -0.1) is 0 Å². The largest absolute Gasteiger partial charge is 0.458 e. The van der Waals surface area contributed by atoms with Gasteiger partial charge in [-0.3, -0.25) is 0 Å². The lowest BCUT2D eigenvalue weighted by Gasteiger charge is -2.40. The Labute approximate surface area is 132 Å². The third-order valence-corrected chi connectivity index (χ3v) is 6.32. The zero-order valence-electron chi connectivity index (χ0n) is 11.4. The van der Waals surface area contributed by atoms with Gasteiger partial charge >= 0.3 is 5.97 Å². The SMILES string of the molecule is O=C(O[C@@H]1CCS[C@@H]2CCCC[C@@H]12)c1ccc(Br)cc1. The van der Waals surface area contributed by atoms with Crippen LogP contribution in [-0.4, -0.2) is 23.1 Å². The molecule has 1 aliphatic carbocycles. The molecule has 20 heavy (non-hydrogen) atoms. The fourth-order valence-corrected chi connectivity index (χ4v) is 5.07. The Morgan fingerprint density at radius 1 is 1.15 bits per heavy atom. The van der Waals surface area contributed by atoms with Crippen LogP contribution in [0.2, 0.25) is 0 Å². The monoisotopic (exact) mass is 354 g/mol. The molecule has 0 spiro atoms. The quantitative estimate of drug-likeness (QED) is 0.721. The van der Waals surface area contributed by atoms with Gasteiger partial charge in [0.05, 0.1) is 5.56 Å². The van der Waals surface area contributed by atoms with Crippen molar-refractivity contribution in [2.45, 2.75) is 43.5 Å². The molecule has 2 aliphatic rings. The first-order valence-electron chi connectivity index (χ1n) is 7.32. The summed E-state index contributed by atoms with van der Waals surface area (Å²) in [5.41, 5.74) is 0.652. The summed E-state index contributed by atoms with van der Waals surface area (Å²) in [7, 11) is 0. The Hall–Kier alpha value is -0.480. The fourth-order valence-electron chi connectivity index (χ4n) is 3.25. The number of rotatable bonds is 2. The summed E-state index contributed by atoms with van der Waals surface area (Å²) < 4.78 is 6.80. The second kappa shape index (κ2) is 6.52. The molecular weight excluding hydrogens is 336 g/mol. The van der Waals surface area contributed by atoms with E-state index in [0.29, 0.717) is 16.7 Å². The van der Waals surface area contributed by atoms with Gasteiger partial charge in [-0.1, -0.05) is 28.8 Å². The topological polar surface area (TPSA) is 26.3 Å². The highest BCUT2D eigenvalue weighted by molar-refractivity contribution is 9.10. The number of esters is 1. The third-order valence-electron chi connectivity index (χ3n) is 4.30. The van der Waals surface area contributed by atoms with Crippen molar-refractivity contribution >= 4 is 33.7 Å². The smallest absolute Gasteiger partial charge is 0.338 e. The van der Waals surface area contributed by atoms with E-state index in [-0.39, 0.29) is 12.1 Å². The van der Waals surface area contributed by atoms with Gasteiger partial charge in [-0.2, -0.15) is 11.8 Å². The molecular formula is C16H19BrO2S. The number of fused-ring (bicyclic) bond motifs is 1. The molecule has 0 radical (unpaired) electrons. The normalized spacial score (nSPS) is 29.6. The number of hydrogen-bond donors (Lipinski definition) is 0. The van der Waals surface area contributed by atoms with E-state index in [4.69, 9.17) is 4.74 Å². The molecule has 1 heterocycles. The summed E-state index contributed by atoms with van der Waals surface area (Å²) in [4.78, 5) is 12.3. The Kier molecular flexibility index (Phi) is 4.72. The summed E-state index contributed by atoms with van der Waals surface area (Å²) in [6, 6.07) is 7.41. The Balaban J connectivity index is 1.66. The number of carbonyl (C=O) groups is 1. The highest BCUT2D eigenvalue weighted by atomic mass is 79.9. The lowest BCUT2D eigenvalue weighted by atomic mass is 9.83. The van der Waals surface area contributed by atoms with Crippen LogP contribution in [-0.2, 0) is 4.74 Å². The van der Waals surface area contributed by atoms with Gasteiger partial charge in [-0.25, -0.2) is 4.79 Å². The van der Waals surface area contributed by atoms with Gasteiger partial charge in [0.15, 0.2) is 0 Å². The van der Waals surface area contributed by atoms with Gasteiger partial charge in [0.1, 0.15) is 6.10 Å². The third kappa shape index (κ3) is 3.22. The molecule has 2 fully saturated rings. The molecule has 1 saturated heterocycles. The molecule has 0 N–H and O–H groups in total. The molecule has 108 valence electrons. The average molecular weight is 355 g/mol. The summed E-state index contributed by atoms with van der Waals surface area (Å²) in [6.07, 6.45) is 6.26. The Morgan fingerprint density at radius 3 is 2.70 bits per heavy atom. The van der Waals surface area contributed by atoms with Crippen LogP contribution in [0.3, 0.4) is 0 Å². The summed E-state index contributed by atoms with van der Waals surface area (Å²) in [6.45, 7) is 0. The first kappa shape index (κ1) is 14.5. The first-order chi connectivity index (χ1) is 9.74. The number of ether oxygens (including phenoxy) is 1. The number of benzene rings is 1. The van der Waals surface area contributed by atoms with Crippen molar-refractivity contribution < 1.29 is 9.53 Å². The second-order valence-electron chi connectivity index (χ2n) is 5.60. The van der Waals surface area contributed by atoms with Crippen LogP contribution in [0.15, 0.2) is 28.7 Å². The molecule has 3 rings (SSSR count). The highest BCUT2D eigenvalue weighted by Crippen LogP contribution is 2.41. The van der Waals surface area contributed by atoms with E-state index in [9.17, 15) is 4.79 Å². The molecule has 4 heteroatoms. The minimum absolute atomic E-state index is 0.123. The van der Waals surface area contributed by atoms with Crippen molar-refractivity contribution in [3.05, 3.63) is 34.3 Å². The lowest BCUT2D eigenvalue weighted by molar-refractivity contribution is 0.00637. The molecule has 1 saturated carbocycles. The van der Waals surface area contributed by atoms with Crippen molar-refractivity contribution in [1.82, 2.24) is 0 Å². The van der Waals surface area contributed by atoms with Crippen LogP contribution in [0, 0.1) is 5.92 Å². The van der Waals surface area contributed by atoms with Crippen LogP contribution in [0.4, 0.5) is 0 Å². The van der Waals surface area contributed by atoms with E-state index < -0.39 is 0 Å². The molecule has 3 atom stereocenters. The maximum atomic E-state index is 12.3. The number of thioether (sulfide) groups is 1. The lowest BCUT2D eigenvalue weighted by Crippen LogP contribution is -2.39. The van der Waals surface area contributed by atoms with E-state index in [1.165, 1.54) is 25.7 Å². The van der Waals surface area contributed by atoms with Gasteiger partial charge in [0.25, 0.3) is 0 Å². The molecule has 0 amide bonds. The minimum Gasteiger partial charge on any atom is -0.458 e. The van der Waals surface area contributed by atoms with Crippen LogP contribution in [0.5, 0.6) is 0 Å². The summed E-state index contributed by atoms with van der Waals surface area (Å²) in [5.74, 6) is 1.53. The van der Waals surface area contributed by atoms with Crippen molar-refractivity contribution in [1.29, 1.82) is 0 Å². The predicted molar refractivity (Wildman–Crippen MR) is 86.2 cm³/mol. The maximum Gasteiger partial charge on any atom is 0.338 e. The first-order valence-corrected chi connectivity index (χ1v) is 9.16. The molecule has 0 bridgehead atoms. The molecule has 1 aliphatic heterocycles. The molecule has 0 aromatic heterocycles. The van der Waals surface area contributed by atoms with Crippen molar-refractivity contribution in [2.24, 2.45) is 5.92 Å². The van der Waals surface area contributed by atoms with Crippen molar-refractivity contribution in [3.63, 3.8) is 0 Å². The summed E-state index contributed by atoms with van der Waals surface area (Å²) in [5, 5.41) is 0.709. The van der Waals surface area contributed by atoms with Gasteiger partial charge < -0.3 is 4.74 Å². The predicted octanol–water partition coefficient (Wildman–Crippen LogP) is 4.67. The van der Waals surface area contributed by atoms with Crippen LogP contribution in [0.1, 0.15) is 42.5 Å². The van der Waals surface area contributed by atoms with Gasteiger partial charge in [-0.05, 0) is 49.3 Å². The van der Waals surface area contributed by atoms with Crippen LogP contribution >= 0.6 is 27.7 Å². The zero-order valence-corrected chi connectivity index (χ0v) is 13.8. The highest BCUT2D eigenvalue weighted by Gasteiger charge is 2.37. The summed E-state index contributed by atoms with van der Waals surface area (Å²) >= 11 is 5.46. The standard InChI is InChI=1S/C16H19BrO2S/c17-12-7-5-11(6-8-12)16(18)19-14-9-10-20-15-4-2-1-3-13(14)15/h5-8,13-15H,1-4,9-10H2/t13-,14+,15+/m0/s1. The van der Waals surface area contributed by atoms with E-state index in [1.807, 2.05) is 24.3 Å². The van der Waals surface area contributed by atoms with Crippen molar-refractivity contribution in [3.8, 4) is 0 Å². The fraction of sp³-hybridized carbons (Fsp3) is 0.562. The number of halogens is 1. The second-order valence-corrected chi connectivity index (χ2v) is 7.86. The maximum absolute atomic E-state index is 12.3. The van der Waals surface area contributed by atoms with E-state index >= 15 is 0 Å². The molecule has 2 nitrogen and oxygen atoms in total. The van der Waals surface area contributed by atoms with Crippen LogP contribution in [0.25, 0.3) is 0 Å². The van der Waals surface area contributed by atoms with Gasteiger partial charge in [0.2, 0.25) is 0 Å². The molecule has 1 aromatic rings. The Bertz CT molecular complexity index is 472. The zero-order chi connectivity index (χ0) is 13.9. The van der Waals surface area contributed by atoms with Gasteiger partial charge in [0, 0.05) is 15.6 Å². The number of carbonyl (C=O) groups excluding carboxylic acids is 1. The number of hydrogen-bond acceptors (Lipinski definition) is 3. The Morgan fingerprint density at radius 2 is 1.90 bits per heavy atom. The minimum atomic E-state index is -0.168. The van der Waals surface area contributed by atoms with E-state index in [1.54, 1.807) is 0 Å².